The topological polar surface area (TPSA) is 56.2 Å². The van der Waals surface area contributed by atoms with Gasteiger partial charge in [0, 0.05) is 11.8 Å². The number of nitrogens with two attached hydrogens (primary N) is 1. The van der Waals surface area contributed by atoms with Gasteiger partial charge in [0.25, 0.3) is 0 Å². The number of para-hydroxylation sites is 1. The monoisotopic (exact) mass is 231 g/mol. The van der Waals surface area contributed by atoms with E-state index in [0.717, 1.165) is 11.0 Å². The van der Waals surface area contributed by atoms with Crippen LogP contribution < -0.4 is 5.73 Å². The van der Waals surface area contributed by atoms with Crippen LogP contribution in [0.5, 0.6) is 0 Å². The molecule has 1 aromatic heterocycles. The molecular formula is C14H17NO2. The number of carbonyl (C=O) groups excluding carboxylic acids is 1. The summed E-state index contributed by atoms with van der Waals surface area (Å²) in [6.07, 6.45) is 0.406. The highest BCUT2D eigenvalue weighted by molar-refractivity contribution is 5.97. The molecule has 17 heavy (non-hydrogen) atoms. The van der Waals surface area contributed by atoms with Gasteiger partial charge in [-0.15, -0.1) is 0 Å². The highest BCUT2D eigenvalue weighted by atomic mass is 16.3. The number of Topliss-reactive ketones (excluding diaryl/α,β-unsaturated/α-hetero) is 1. The zero-order valence-electron chi connectivity index (χ0n) is 10.2. The van der Waals surface area contributed by atoms with Gasteiger partial charge in [0.2, 0.25) is 0 Å². The van der Waals surface area contributed by atoms with E-state index in [1.54, 1.807) is 6.07 Å². The van der Waals surface area contributed by atoms with Crippen molar-refractivity contribution >= 4 is 16.8 Å². The molecule has 3 heteroatoms. The minimum atomic E-state index is -0.184. The van der Waals surface area contributed by atoms with Gasteiger partial charge in [-0.25, -0.2) is 0 Å². The normalized spacial score (nSPS) is 11.9. The molecule has 0 saturated carbocycles. The van der Waals surface area contributed by atoms with Crippen LogP contribution in [0.4, 0.5) is 0 Å². The zero-order valence-corrected chi connectivity index (χ0v) is 10.2. The molecule has 0 spiro atoms. The van der Waals surface area contributed by atoms with E-state index in [9.17, 15) is 4.79 Å². The Hall–Kier alpha value is -1.61. The molecule has 3 nitrogen and oxygen atoms in total. The fourth-order valence-corrected chi connectivity index (χ4v) is 1.71. The number of carbonyl (C=O) groups is 1. The quantitative estimate of drug-likeness (QED) is 0.823. The van der Waals surface area contributed by atoms with Gasteiger partial charge in [-0.05, 0) is 24.1 Å². The number of fused-ring (bicyclic) bond motifs is 1. The number of rotatable bonds is 4. The van der Waals surface area contributed by atoms with Crippen molar-refractivity contribution < 1.29 is 9.21 Å². The van der Waals surface area contributed by atoms with Crippen LogP contribution in [-0.2, 0) is 0 Å². The summed E-state index contributed by atoms with van der Waals surface area (Å²) >= 11 is 0. The Balaban J connectivity index is 2.25. The molecule has 0 fully saturated rings. The Morgan fingerprint density at radius 3 is 2.71 bits per heavy atom. The number of furan rings is 1. The van der Waals surface area contributed by atoms with E-state index in [1.165, 1.54) is 0 Å². The highest BCUT2D eigenvalue weighted by Gasteiger charge is 2.23. The van der Waals surface area contributed by atoms with Gasteiger partial charge in [0.15, 0.2) is 11.5 Å². The van der Waals surface area contributed by atoms with E-state index in [2.05, 4.69) is 0 Å². The summed E-state index contributed by atoms with van der Waals surface area (Å²) < 4.78 is 5.53. The van der Waals surface area contributed by atoms with E-state index in [0.29, 0.717) is 18.7 Å². The zero-order chi connectivity index (χ0) is 12.5. The summed E-state index contributed by atoms with van der Waals surface area (Å²) in [7, 11) is 0. The molecule has 0 saturated heterocycles. The Bertz CT molecular complexity index is 507. The summed E-state index contributed by atoms with van der Waals surface area (Å²) in [6, 6.07) is 9.41. The second-order valence-corrected chi connectivity index (χ2v) is 5.12. The van der Waals surface area contributed by atoms with Gasteiger partial charge in [-0.3, -0.25) is 4.79 Å². The SMILES string of the molecule is CC(C)(CN)CC(=O)c1cc2ccccc2o1. The Kier molecular flexibility index (Phi) is 3.03. The Morgan fingerprint density at radius 1 is 1.35 bits per heavy atom. The lowest BCUT2D eigenvalue weighted by atomic mass is 9.87. The van der Waals surface area contributed by atoms with E-state index < -0.39 is 0 Å². The molecule has 0 bridgehead atoms. The molecule has 2 N–H and O–H groups in total. The molecule has 90 valence electrons. The molecule has 0 radical (unpaired) electrons. The largest absolute Gasteiger partial charge is 0.453 e. The second kappa shape index (κ2) is 4.34. The molecule has 1 heterocycles. The lowest BCUT2D eigenvalue weighted by Crippen LogP contribution is -2.26. The fraction of sp³-hybridized carbons (Fsp3) is 0.357. The summed E-state index contributed by atoms with van der Waals surface area (Å²) in [5, 5.41) is 0.960. The Morgan fingerprint density at radius 2 is 2.06 bits per heavy atom. The summed E-state index contributed by atoms with van der Waals surface area (Å²) in [5.41, 5.74) is 6.19. The van der Waals surface area contributed by atoms with Crippen molar-refractivity contribution in [3.63, 3.8) is 0 Å². The van der Waals surface area contributed by atoms with Crippen molar-refractivity contribution in [2.24, 2.45) is 11.1 Å². The third kappa shape index (κ3) is 2.56. The smallest absolute Gasteiger partial charge is 0.198 e. The lowest BCUT2D eigenvalue weighted by molar-refractivity contribution is 0.0909. The highest BCUT2D eigenvalue weighted by Crippen LogP contribution is 2.25. The van der Waals surface area contributed by atoms with Crippen molar-refractivity contribution in [3.8, 4) is 0 Å². The van der Waals surface area contributed by atoms with Gasteiger partial charge < -0.3 is 10.2 Å². The van der Waals surface area contributed by atoms with Crippen LogP contribution in [0.1, 0.15) is 30.8 Å². The van der Waals surface area contributed by atoms with Crippen LogP contribution in [0.3, 0.4) is 0 Å². The number of hydrogen-bond donors (Lipinski definition) is 1. The predicted octanol–water partition coefficient (Wildman–Crippen LogP) is 2.99. The summed E-state index contributed by atoms with van der Waals surface area (Å²) in [6.45, 7) is 4.44. The third-order valence-electron chi connectivity index (χ3n) is 2.89. The van der Waals surface area contributed by atoms with Crippen LogP contribution in [0.25, 0.3) is 11.0 Å². The van der Waals surface area contributed by atoms with E-state index in [-0.39, 0.29) is 11.2 Å². The molecule has 0 unspecified atom stereocenters. The number of benzene rings is 1. The summed E-state index contributed by atoms with van der Waals surface area (Å²) in [5.74, 6) is 0.435. The molecule has 0 atom stereocenters. The first-order valence-corrected chi connectivity index (χ1v) is 5.74. The van der Waals surface area contributed by atoms with Gasteiger partial charge in [0.05, 0.1) is 0 Å². The maximum absolute atomic E-state index is 12.0. The maximum atomic E-state index is 12.0. The number of hydrogen-bond acceptors (Lipinski definition) is 3. The van der Waals surface area contributed by atoms with Crippen molar-refractivity contribution in [1.82, 2.24) is 0 Å². The predicted molar refractivity (Wildman–Crippen MR) is 68.0 cm³/mol. The lowest BCUT2D eigenvalue weighted by Gasteiger charge is -2.20. The first-order chi connectivity index (χ1) is 8.02. The fourth-order valence-electron chi connectivity index (χ4n) is 1.71. The average molecular weight is 231 g/mol. The number of ketones is 1. The van der Waals surface area contributed by atoms with Crippen LogP contribution in [0, 0.1) is 5.41 Å². The minimum absolute atomic E-state index is 0.0108. The van der Waals surface area contributed by atoms with Crippen LogP contribution in [0.2, 0.25) is 0 Å². The van der Waals surface area contributed by atoms with Gasteiger partial charge in [-0.2, -0.15) is 0 Å². The van der Waals surface area contributed by atoms with E-state index in [1.807, 2.05) is 38.1 Å². The second-order valence-electron chi connectivity index (χ2n) is 5.12. The molecule has 2 rings (SSSR count). The first kappa shape index (κ1) is 11.9. The third-order valence-corrected chi connectivity index (χ3v) is 2.89. The molecule has 0 aliphatic rings. The molecule has 1 aromatic carbocycles. The van der Waals surface area contributed by atoms with Crippen molar-refractivity contribution in [1.29, 1.82) is 0 Å². The standard InChI is InChI=1S/C14H17NO2/c1-14(2,9-15)8-11(16)13-7-10-5-3-4-6-12(10)17-13/h3-7H,8-9,15H2,1-2H3. The molecule has 0 aliphatic carbocycles. The summed E-state index contributed by atoms with van der Waals surface area (Å²) in [4.78, 5) is 12.0. The minimum Gasteiger partial charge on any atom is -0.453 e. The van der Waals surface area contributed by atoms with E-state index in [4.69, 9.17) is 10.2 Å². The molecule has 2 aromatic rings. The molecule has 0 aliphatic heterocycles. The van der Waals surface area contributed by atoms with Crippen LogP contribution in [-0.4, -0.2) is 12.3 Å². The van der Waals surface area contributed by atoms with Crippen molar-refractivity contribution in [2.75, 3.05) is 6.54 Å². The average Bonchev–Trinajstić information content (AvgIpc) is 2.72. The van der Waals surface area contributed by atoms with Crippen molar-refractivity contribution in [3.05, 3.63) is 36.1 Å². The first-order valence-electron chi connectivity index (χ1n) is 5.74. The van der Waals surface area contributed by atoms with Gasteiger partial charge >= 0.3 is 0 Å². The van der Waals surface area contributed by atoms with Crippen molar-refractivity contribution in [2.45, 2.75) is 20.3 Å². The maximum Gasteiger partial charge on any atom is 0.198 e. The van der Waals surface area contributed by atoms with Crippen LogP contribution in [0.15, 0.2) is 34.7 Å². The molecular weight excluding hydrogens is 214 g/mol. The van der Waals surface area contributed by atoms with Gasteiger partial charge in [0.1, 0.15) is 5.58 Å². The molecule has 0 amide bonds. The van der Waals surface area contributed by atoms with E-state index >= 15 is 0 Å². The van der Waals surface area contributed by atoms with Crippen LogP contribution >= 0.6 is 0 Å². The van der Waals surface area contributed by atoms with Gasteiger partial charge in [-0.1, -0.05) is 32.0 Å². The Labute approximate surface area is 101 Å².